The summed E-state index contributed by atoms with van der Waals surface area (Å²) in [7, 11) is 0. The van der Waals surface area contributed by atoms with Gasteiger partial charge in [0.15, 0.2) is 5.82 Å². The fourth-order valence-corrected chi connectivity index (χ4v) is 3.36. The van der Waals surface area contributed by atoms with Crippen LogP contribution >= 0.6 is 66.1 Å². The maximum absolute atomic E-state index is 6.12. The van der Waals surface area contributed by atoms with Crippen LogP contribution in [0.1, 0.15) is 12.6 Å². The van der Waals surface area contributed by atoms with E-state index in [2.05, 4.69) is 69.4 Å². The van der Waals surface area contributed by atoms with Gasteiger partial charge in [-0.15, -0.1) is 0 Å². The summed E-state index contributed by atoms with van der Waals surface area (Å²) in [6.07, 6.45) is 2.52. The minimum atomic E-state index is 0.467. The molecule has 0 bridgehead atoms. The summed E-state index contributed by atoms with van der Waals surface area (Å²) < 4.78 is 2.62. The molecule has 18 heavy (non-hydrogen) atoms. The first-order chi connectivity index (χ1) is 8.52. The monoisotopic (exact) mass is 501 g/mol. The second-order valence-electron chi connectivity index (χ2n) is 3.44. The van der Waals surface area contributed by atoms with Crippen molar-refractivity contribution in [2.45, 2.75) is 13.3 Å². The molecule has 0 N–H and O–H groups in total. The SMILES string of the molecule is CCc1nc(-c2ncc(Br)cc2Br)nc(Cl)c1I. The number of hydrogen-bond acceptors (Lipinski definition) is 3. The molecule has 0 fully saturated rings. The Morgan fingerprint density at radius 3 is 2.67 bits per heavy atom. The van der Waals surface area contributed by atoms with Crippen LogP contribution in [0.4, 0.5) is 0 Å². The molecule has 0 radical (unpaired) electrons. The van der Waals surface area contributed by atoms with E-state index >= 15 is 0 Å². The van der Waals surface area contributed by atoms with Crippen LogP contribution in [0, 0.1) is 3.57 Å². The smallest absolute Gasteiger partial charge is 0.181 e. The maximum atomic E-state index is 6.12. The molecular weight excluding hydrogens is 496 g/mol. The molecule has 7 heteroatoms. The maximum Gasteiger partial charge on any atom is 0.181 e. The number of aromatic nitrogens is 3. The fraction of sp³-hybridized carbons (Fsp3) is 0.182. The van der Waals surface area contributed by atoms with Crippen LogP contribution in [-0.2, 0) is 6.42 Å². The van der Waals surface area contributed by atoms with E-state index in [4.69, 9.17) is 11.6 Å². The molecule has 2 rings (SSSR count). The summed E-state index contributed by atoms with van der Waals surface area (Å²) in [6, 6.07) is 1.91. The summed E-state index contributed by atoms with van der Waals surface area (Å²) in [5.74, 6) is 0.539. The Morgan fingerprint density at radius 2 is 2.06 bits per heavy atom. The molecule has 0 aromatic carbocycles. The van der Waals surface area contributed by atoms with Gasteiger partial charge in [0.05, 0.1) is 9.26 Å². The van der Waals surface area contributed by atoms with Gasteiger partial charge in [0, 0.05) is 15.1 Å². The van der Waals surface area contributed by atoms with E-state index in [-0.39, 0.29) is 0 Å². The lowest BCUT2D eigenvalue weighted by molar-refractivity contribution is 0.981. The van der Waals surface area contributed by atoms with Crippen molar-refractivity contribution in [1.29, 1.82) is 0 Å². The zero-order chi connectivity index (χ0) is 13.3. The number of nitrogens with zero attached hydrogens (tertiary/aromatic N) is 3. The van der Waals surface area contributed by atoms with Crippen LogP contribution in [0.15, 0.2) is 21.2 Å². The third kappa shape index (κ3) is 3.02. The molecule has 0 amide bonds. The highest BCUT2D eigenvalue weighted by Gasteiger charge is 2.14. The van der Waals surface area contributed by atoms with Gasteiger partial charge in [-0.1, -0.05) is 18.5 Å². The van der Waals surface area contributed by atoms with Crippen LogP contribution in [0.5, 0.6) is 0 Å². The minimum Gasteiger partial charge on any atom is -0.251 e. The third-order valence-corrected chi connectivity index (χ3v) is 5.00. The van der Waals surface area contributed by atoms with Crippen molar-refractivity contribution in [3.05, 3.63) is 35.6 Å². The zero-order valence-corrected chi connectivity index (χ0v) is 15.3. The molecule has 0 aliphatic rings. The summed E-state index contributed by atoms with van der Waals surface area (Å²) >= 11 is 15.1. The van der Waals surface area contributed by atoms with Crippen molar-refractivity contribution in [2.24, 2.45) is 0 Å². The number of halogens is 4. The molecule has 94 valence electrons. The van der Waals surface area contributed by atoms with Gasteiger partial charge in [-0.2, -0.15) is 0 Å². The average molecular weight is 503 g/mol. The Bertz CT molecular complexity index is 607. The van der Waals surface area contributed by atoms with Crippen molar-refractivity contribution in [2.75, 3.05) is 0 Å². The lowest BCUT2D eigenvalue weighted by atomic mass is 10.3. The van der Waals surface area contributed by atoms with E-state index in [0.29, 0.717) is 16.7 Å². The Balaban J connectivity index is 2.60. The highest BCUT2D eigenvalue weighted by molar-refractivity contribution is 14.1. The predicted octanol–water partition coefficient (Wildman–Crippen LogP) is 4.88. The molecule has 3 nitrogen and oxygen atoms in total. The minimum absolute atomic E-state index is 0.467. The Hall–Kier alpha value is 0.210. The molecule has 0 saturated carbocycles. The van der Waals surface area contributed by atoms with Crippen LogP contribution in [0.25, 0.3) is 11.5 Å². The van der Waals surface area contributed by atoms with E-state index in [1.165, 1.54) is 0 Å². The molecule has 2 heterocycles. The van der Waals surface area contributed by atoms with Gasteiger partial charge < -0.3 is 0 Å². The van der Waals surface area contributed by atoms with Gasteiger partial charge in [-0.25, -0.2) is 9.97 Å². The summed E-state index contributed by atoms with van der Waals surface area (Å²) in [5.41, 5.74) is 1.62. The molecule has 0 aliphatic heterocycles. The van der Waals surface area contributed by atoms with Crippen molar-refractivity contribution in [3.8, 4) is 11.5 Å². The Kier molecular flexibility index (Phi) is 4.96. The molecular formula is C11H7Br2ClIN3. The highest BCUT2D eigenvalue weighted by atomic mass is 127. The second-order valence-corrected chi connectivity index (χ2v) is 6.64. The summed E-state index contributed by atoms with van der Waals surface area (Å²) in [6.45, 7) is 2.04. The molecule has 0 spiro atoms. The topological polar surface area (TPSA) is 38.7 Å². The van der Waals surface area contributed by atoms with Crippen LogP contribution < -0.4 is 0 Å². The van der Waals surface area contributed by atoms with Crippen molar-refractivity contribution < 1.29 is 0 Å². The fourth-order valence-electron chi connectivity index (χ4n) is 1.38. The van der Waals surface area contributed by atoms with E-state index < -0.39 is 0 Å². The van der Waals surface area contributed by atoms with Gasteiger partial charge in [0.1, 0.15) is 10.8 Å². The number of pyridine rings is 1. The lowest BCUT2D eigenvalue weighted by Gasteiger charge is -2.07. The zero-order valence-electron chi connectivity index (χ0n) is 9.22. The van der Waals surface area contributed by atoms with Crippen LogP contribution in [0.3, 0.4) is 0 Å². The van der Waals surface area contributed by atoms with E-state index in [9.17, 15) is 0 Å². The van der Waals surface area contributed by atoms with E-state index in [1.807, 2.05) is 13.0 Å². The number of rotatable bonds is 2. The van der Waals surface area contributed by atoms with Gasteiger partial charge in [-0.05, 0) is 66.9 Å². The van der Waals surface area contributed by atoms with Crippen LogP contribution in [0.2, 0.25) is 5.15 Å². The highest BCUT2D eigenvalue weighted by Crippen LogP contribution is 2.29. The molecule has 0 saturated heterocycles. The summed E-state index contributed by atoms with van der Waals surface area (Å²) in [5, 5.41) is 0.467. The quantitative estimate of drug-likeness (QED) is 0.433. The molecule has 0 aliphatic carbocycles. The molecule has 2 aromatic heterocycles. The van der Waals surface area contributed by atoms with Crippen molar-refractivity contribution >= 4 is 66.1 Å². The van der Waals surface area contributed by atoms with E-state index in [1.54, 1.807) is 6.20 Å². The normalized spacial score (nSPS) is 10.7. The molecule has 0 unspecified atom stereocenters. The second kappa shape index (κ2) is 6.11. The number of hydrogen-bond donors (Lipinski definition) is 0. The van der Waals surface area contributed by atoms with Crippen molar-refractivity contribution in [1.82, 2.24) is 15.0 Å². The molecule has 2 aromatic rings. The predicted molar refractivity (Wildman–Crippen MR) is 87.8 cm³/mol. The largest absolute Gasteiger partial charge is 0.251 e. The summed E-state index contributed by atoms with van der Waals surface area (Å²) in [4.78, 5) is 13.1. The standard InChI is InChI=1S/C11H7Br2ClIN3/c1-2-7-8(15)10(14)18-11(17-7)9-6(13)3-5(12)4-16-9/h3-4H,2H2,1H3. The first kappa shape index (κ1) is 14.6. The molecule has 0 atom stereocenters. The third-order valence-electron chi connectivity index (χ3n) is 2.23. The van der Waals surface area contributed by atoms with Crippen LogP contribution in [-0.4, -0.2) is 15.0 Å². The lowest BCUT2D eigenvalue weighted by Crippen LogP contribution is -2.01. The average Bonchev–Trinajstić information content (AvgIpc) is 2.32. The number of aryl methyl sites for hydroxylation is 1. The van der Waals surface area contributed by atoms with Gasteiger partial charge in [0.25, 0.3) is 0 Å². The Morgan fingerprint density at radius 1 is 1.33 bits per heavy atom. The Labute approximate surface area is 140 Å². The first-order valence-electron chi connectivity index (χ1n) is 5.06. The first-order valence-corrected chi connectivity index (χ1v) is 8.10. The van der Waals surface area contributed by atoms with E-state index in [0.717, 1.165) is 24.6 Å². The van der Waals surface area contributed by atoms with Crippen molar-refractivity contribution in [3.63, 3.8) is 0 Å². The van der Waals surface area contributed by atoms with Gasteiger partial charge >= 0.3 is 0 Å². The van der Waals surface area contributed by atoms with Gasteiger partial charge in [-0.3, -0.25) is 4.98 Å². The van der Waals surface area contributed by atoms with Gasteiger partial charge in [0.2, 0.25) is 0 Å².